The van der Waals surface area contributed by atoms with Crippen LogP contribution >= 0.6 is 23.2 Å². The minimum atomic E-state index is 0.432. The molecule has 3 heterocycles. The van der Waals surface area contributed by atoms with E-state index in [1.807, 2.05) is 43.3 Å². The molecule has 1 aliphatic rings. The standard InChI is InChI=1S/C20H21Cl2N5O/c1-14-4-2-3-5-16(14)20-24-19(28-25-20)13-27-8-6-26(7-9-27)12-15-10-17(21)23-18(22)11-15/h2-5,10-11H,6-9,12-13H2,1H3. The first-order chi connectivity index (χ1) is 13.6. The van der Waals surface area contributed by atoms with Crippen molar-refractivity contribution in [3.8, 4) is 11.4 Å². The molecule has 6 nitrogen and oxygen atoms in total. The van der Waals surface area contributed by atoms with E-state index < -0.39 is 0 Å². The topological polar surface area (TPSA) is 58.3 Å². The van der Waals surface area contributed by atoms with Gasteiger partial charge in [-0.15, -0.1) is 0 Å². The molecular weight excluding hydrogens is 397 g/mol. The molecule has 0 bridgehead atoms. The summed E-state index contributed by atoms with van der Waals surface area (Å²) in [5, 5.41) is 5.01. The normalized spacial score (nSPS) is 15.8. The van der Waals surface area contributed by atoms with Crippen LogP contribution in [0.4, 0.5) is 0 Å². The van der Waals surface area contributed by atoms with Crippen molar-refractivity contribution >= 4 is 23.2 Å². The molecule has 3 aromatic rings. The highest BCUT2D eigenvalue weighted by Crippen LogP contribution is 2.21. The van der Waals surface area contributed by atoms with Gasteiger partial charge in [0.25, 0.3) is 0 Å². The molecule has 0 aliphatic carbocycles. The Kier molecular flexibility index (Phi) is 5.92. The molecule has 0 saturated carbocycles. The molecule has 0 radical (unpaired) electrons. The van der Waals surface area contributed by atoms with E-state index in [1.54, 1.807) is 0 Å². The highest BCUT2D eigenvalue weighted by molar-refractivity contribution is 6.32. The predicted molar refractivity (Wildman–Crippen MR) is 109 cm³/mol. The molecule has 4 rings (SSSR count). The van der Waals surface area contributed by atoms with Gasteiger partial charge >= 0.3 is 0 Å². The lowest BCUT2D eigenvalue weighted by Crippen LogP contribution is -2.45. The Morgan fingerprint density at radius 1 is 0.929 bits per heavy atom. The van der Waals surface area contributed by atoms with E-state index >= 15 is 0 Å². The quantitative estimate of drug-likeness (QED) is 0.583. The first kappa shape index (κ1) is 19.3. The van der Waals surface area contributed by atoms with Crippen LogP contribution in [0.15, 0.2) is 40.9 Å². The van der Waals surface area contributed by atoms with Crippen LogP contribution in [0.3, 0.4) is 0 Å². The van der Waals surface area contributed by atoms with Crippen LogP contribution in [0.1, 0.15) is 17.0 Å². The van der Waals surface area contributed by atoms with Gasteiger partial charge in [-0.3, -0.25) is 9.80 Å². The van der Waals surface area contributed by atoms with Crippen LogP contribution in [0.25, 0.3) is 11.4 Å². The number of hydrogen-bond donors (Lipinski definition) is 0. The number of aromatic nitrogens is 3. The highest BCUT2D eigenvalue weighted by Gasteiger charge is 2.20. The lowest BCUT2D eigenvalue weighted by atomic mass is 10.1. The minimum absolute atomic E-state index is 0.432. The fraction of sp³-hybridized carbons (Fsp3) is 0.350. The highest BCUT2D eigenvalue weighted by atomic mass is 35.5. The number of rotatable bonds is 5. The maximum Gasteiger partial charge on any atom is 0.241 e. The number of piperazine rings is 1. The number of nitrogens with zero attached hydrogens (tertiary/aromatic N) is 5. The number of hydrogen-bond acceptors (Lipinski definition) is 6. The van der Waals surface area contributed by atoms with E-state index in [0.29, 0.717) is 28.6 Å². The van der Waals surface area contributed by atoms with E-state index in [0.717, 1.165) is 49.4 Å². The van der Waals surface area contributed by atoms with Crippen LogP contribution in [0.5, 0.6) is 0 Å². The van der Waals surface area contributed by atoms with Crippen molar-refractivity contribution in [1.29, 1.82) is 0 Å². The van der Waals surface area contributed by atoms with Crippen molar-refractivity contribution in [3.05, 3.63) is 63.7 Å². The van der Waals surface area contributed by atoms with Gasteiger partial charge in [-0.2, -0.15) is 4.98 Å². The summed E-state index contributed by atoms with van der Waals surface area (Å²) in [5.41, 5.74) is 3.23. The van der Waals surface area contributed by atoms with Gasteiger partial charge < -0.3 is 4.52 Å². The van der Waals surface area contributed by atoms with Gasteiger partial charge in [-0.25, -0.2) is 4.98 Å². The largest absolute Gasteiger partial charge is 0.338 e. The molecule has 0 atom stereocenters. The first-order valence-electron chi connectivity index (χ1n) is 9.22. The van der Waals surface area contributed by atoms with Crippen LogP contribution in [0, 0.1) is 6.92 Å². The summed E-state index contributed by atoms with van der Waals surface area (Å²) in [5.74, 6) is 1.30. The van der Waals surface area contributed by atoms with Crippen molar-refractivity contribution in [2.75, 3.05) is 26.2 Å². The Hall–Kier alpha value is -1.99. The van der Waals surface area contributed by atoms with Crippen molar-refractivity contribution in [2.24, 2.45) is 0 Å². The van der Waals surface area contributed by atoms with Crippen molar-refractivity contribution in [1.82, 2.24) is 24.9 Å². The van der Waals surface area contributed by atoms with Crippen molar-refractivity contribution < 1.29 is 4.52 Å². The van der Waals surface area contributed by atoms with E-state index in [-0.39, 0.29) is 0 Å². The number of aryl methyl sites for hydroxylation is 1. The molecule has 0 spiro atoms. The Labute approximate surface area is 174 Å². The van der Waals surface area contributed by atoms with Gasteiger partial charge in [0, 0.05) is 38.3 Å². The number of halogens is 2. The van der Waals surface area contributed by atoms with Crippen LogP contribution in [0.2, 0.25) is 10.3 Å². The maximum atomic E-state index is 5.99. The summed E-state index contributed by atoms with van der Waals surface area (Å²) in [6.45, 7) is 7.32. The summed E-state index contributed by atoms with van der Waals surface area (Å²) in [4.78, 5) is 13.3. The van der Waals surface area contributed by atoms with Crippen LogP contribution in [-0.2, 0) is 13.1 Å². The molecule has 0 N–H and O–H groups in total. The monoisotopic (exact) mass is 417 g/mol. The lowest BCUT2D eigenvalue weighted by molar-refractivity contribution is 0.112. The lowest BCUT2D eigenvalue weighted by Gasteiger charge is -2.33. The first-order valence-corrected chi connectivity index (χ1v) is 9.98. The molecule has 1 fully saturated rings. The smallest absolute Gasteiger partial charge is 0.241 e. The fourth-order valence-electron chi connectivity index (χ4n) is 3.41. The van der Waals surface area contributed by atoms with E-state index in [2.05, 4.69) is 24.9 Å². The Bertz CT molecular complexity index is 933. The van der Waals surface area contributed by atoms with Crippen molar-refractivity contribution in [3.63, 3.8) is 0 Å². The molecule has 146 valence electrons. The summed E-state index contributed by atoms with van der Waals surface area (Å²) >= 11 is 12.0. The third kappa shape index (κ3) is 4.70. The molecule has 1 saturated heterocycles. The number of benzene rings is 1. The molecule has 1 aromatic carbocycles. The van der Waals surface area contributed by atoms with Gasteiger partial charge in [0.1, 0.15) is 10.3 Å². The predicted octanol–water partition coefficient (Wildman–Crippen LogP) is 4.06. The number of pyridine rings is 1. The molecular formula is C20H21Cl2N5O. The SMILES string of the molecule is Cc1ccccc1-c1noc(CN2CCN(Cc3cc(Cl)nc(Cl)c3)CC2)n1. The zero-order valence-electron chi connectivity index (χ0n) is 15.6. The second kappa shape index (κ2) is 8.57. The summed E-state index contributed by atoms with van der Waals surface area (Å²) < 4.78 is 5.47. The molecule has 1 aliphatic heterocycles. The van der Waals surface area contributed by atoms with E-state index in [1.165, 1.54) is 0 Å². The van der Waals surface area contributed by atoms with E-state index in [4.69, 9.17) is 27.7 Å². The van der Waals surface area contributed by atoms with Crippen LogP contribution < -0.4 is 0 Å². The third-order valence-electron chi connectivity index (χ3n) is 4.91. The maximum absolute atomic E-state index is 5.99. The van der Waals surface area contributed by atoms with Gasteiger partial charge in [-0.1, -0.05) is 52.6 Å². The average molecular weight is 418 g/mol. The molecule has 28 heavy (non-hydrogen) atoms. The van der Waals surface area contributed by atoms with Gasteiger partial charge in [0.05, 0.1) is 6.54 Å². The van der Waals surface area contributed by atoms with Gasteiger partial charge in [0.15, 0.2) is 0 Å². The summed E-state index contributed by atoms with van der Waals surface area (Å²) in [7, 11) is 0. The second-order valence-electron chi connectivity index (χ2n) is 7.00. The molecule has 0 amide bonds. The molecule has 8 heteroatoms. The van der Waals surface area contributed by atoms with Crippen LogP contribution in [-0.4, -0.2) is 51.1 Å². The second-order valence-corrected chi connectivity index (χ2v) is 7.77. The summed E-state index contributed by atoms with van der Waals surface area (Å²) in [6, 6.07) is 11.8. The van der Waals surface area contributed by atoms with Crippen molar-refractivity contribution in [2.45, 2.75) is 20.0 Å². The fourth-order valence-corrected chi connectivity index (χ4v) is 3.92. The Morgan fingerprint density at radius 3 is 2.25 bits per heavy atom. The zero-order chi connectivity index (χ0) is 19.5. The molecule has 2 aromatic heterocycles. The average Bonchev–Trinajstić information content (AvgIpc) is 3.11. The van der Waals surface area contributed by atoms with Gasteiger partial charge in [-0.05, 0) is 30.2 Å². The minimum Gasteiger partial charge on any atom is -0.338 e. The van der Waals surface area contributed by atoms with Gasteiger partial charge in [0.2, 0.25) is 11.7 Å². The Morgan fingerprint density at radius 2 is 1.57 bits per heavy atom. The molecule has 0 unspecified atom stereocenters. The summed E-state index contributed by atoms with van der Waals surface area (Å²) in [6.07, 6.45) is 0. The zero-order valence-corrected chi connectivity index (χ0v) is 17.1. The third-order valence-corrected chi connectivity index (χ3v) is 5.29. The Balaban J connectivity index is 1.32. The van der Waals surface area contributed by atoms with E-state index in [9.17, 15) is 0 Å².